The number of halogens is 1. The largest absolute Gasteiger partial charge is 0.207 e. The summed E-state index contributed by atoms with van der Waals surface area (Å²) in [7, 11) is 0. The van der Waals surface area contributed by atoms with E-state index in [0.717, 1.165) is 24.0 Å². The smallest absolute Gasteiger partial charge is 0.125 e. The lowest BCUT2D eigenvalue weighted by Gasteiger charge is -2.17. The molecule has 0 amide bonds. The molecule has 1 rings (SSSR count). The van der Waals surface area contributed by atoms with Gasteiger partial charge in [0.1, 0.15) is 5.83 Å². The zero-order valence-electron chi connectivity index (χ0n) is 7.45. The molecular weight excluding hydrogens is 139 g/mol. The Labute approximate surface area is 67.8 Å². The molecule has 0 aromatic rings. The van der Waals surface area contributed by atoms with E-state index in [1.807, 2.05) is 19.9 Å². The fourth-order valence-electron chi connectivity index (χ4n) is 1.62. The predicted molar refractivity (Wildman–Crippen MR) is 46.0 cm³/mol. The SMILES string of the molecule is CCC1=C(F)C(C)=CC(C)C1. The van der Waals surface area contributed by atoms with Crippen LogP contribution in [-0.4, -0.2) is 0 Å². The Bertz CT molecular complexity index is 211. The summed E-state index contributed by atoms with van der Waals surface area (Å²) >= 11 is 0. The molecular formula is C10H15F. The second kappa shape index (κ2) is 3.21. The standard InChI is InChI=1S/C10H15F/c1-4-9-6-7(2)5-8(3)10(9)11/h5,7H,4,6H2,1-3H3. The Morgan fingerprint density at radius 1 is 1.64 bits per heavy atom. The van der Waals surface area contributed by atoms with Crippen LogP contribution in [0.1, 0.15) is 33.6 Å². The van der Waals surface area contributed by atoms with E-state index in [2.05, 4.69) is 6.92 Å². The first kappa shape index (κ1) is 8.51. The molecule has 0 bridgehead atoms. The van der Waals surface area contributed by atoms with Crippen molar-refractivity contribution >= 4 is 0 Å². The van der Waals surface area contributed by atoms with Gasteiger partial charge in [-0.05, 0) is 36.8 Å². The molecule has 11 heavy (non-hydrogen) atoms. The van der Waals surface area contributed by atoms with E-state index in [0.29, 0.717) is 5.92 Å². The predicted octanol–water partition coefficient (Wildman–Crippen LogP) is 3.61. The van der Waals surface area contributed by atoms with E-state index in [1.54, 1.807) is 0 Å². The van der Waals surface area contributed by atoms with Crippen molar-refractivity contribution in [2.24, 2.45) is 5.92 Å². The first-order valence-electron chi connectivity index (χ1n) is 4.21. The second-order valence-electron chi connectivity index (χ2n) is 3.30. The summed E-state index contributed by atoms with van der Waals surface area (Å²) in [5, 5.41) is 0. The lowest BCUT2D eigenvalue weighted by molar-refractivity contribution is 0.573. The van der Waals surface area contributed by atoms with Crippen LogP contribution < -0.4 is 0 Å². The Morgan fingerprint density at radius 2 is 2.27 bits per heavy atom. The number of hydrogen-bond acceptors (Lipinski definition) is 0. The van der Waals surface area contributed by atoms with Gasteiger partial charge in [-0.1, -0.05) is 19.9 Å². The third-order valence-corrected chi connectivity index (χ3v) is 2.19. The first-order chi connectivity index (χ1) is 5.15. The van der Waals surface area contributed by atoms with E-state index < -0.39 is 0 Å². The summed E-state index contributed by atoms with van der Waals surface area (Å²) < 4.78 is 13.2. The van der Waals surface area contributed by atoms with Gasteiger partial charge in [0.25, 0.3) is 0 Å². The lowest BCUT2D eigenvalue weighted by atomic mass is 9.90. The molecule has 1 atom stereocenters. The maximum atomic E-state index is 13.2. The molecule has 0 aromatic heterocycles. The van der Waals surface area contributed by atoms with Crippen LogP contribution in [0, 0.1) is 5.92 Å². The highest BCUT2D eigenvalue weighted by Gasteiger charge is 2.15. The molecule has 1 aliphatic rings. The second-order valence-corrected chi connectivity index (χ2v) is 3.30. The minimum atomic E-state index is 0.0330. The van der Waals surface area contributed by atoms with E-state index in [4.69, 9.17) is 0 Å². The zero-order valence-corrected chi connectivity index (χ0v) is 7.45. The van der Waals surface area contributed by atoms with Crippen LogP contribution in [0.2, 0.25) is 0 Å². The van der Waals surface area contributed by atoms with Gasteiger partial charge in [-0.25, -0.2) is 4.39 Å². The highest BCUT2D eigenvalue weighted by molar-refractivity contribution is 5.32. The Balaban J connectivity index is 2.90. The molecule has 0 saturated carbocycles. The van der Waals surface area contributed by atoms with Crippen molar-refractivity contribution in [1.29, 1.82) is 0 Å². The molecule has 62 valence electrons. The van der Waals surface area contributed by atoms with Gasteiger partial charge in [-0.15, -0.1) is 0 Å². The molecule has 0 aromatic carbocycles. The van der Waals surface area contributed by atoms with Crippen LogP contribution >= 0.6 is 0 Å². The van der Waals surface area contributed by atoms with Crippen molar-refractivity contribution < 1.29 is 4.39 Å². The van der Waals surface area contributed by atoms with E-state index in [9.17, 15) is 4.39 Å². The van der Waals surface area contributed by atoms with Crippen molar-refractivity contribution in [3.63, 3.8) is 0 Å². The van der Waals surface area contributed by atoms with Gasteiger partial charge < -0.3 is 0 Å². The Morgan fingerprint density at radius 3 is 2.82 bits per heavy atom. The van der Waals surface area contributed by atoms with E-state index >= 15 is 0 Å². The van der Waals surface area contributed by atoms with Gasteiger partial charge in [-0.3, -0.25) is 0 Å². The molecule has 1 heteroatoms. The minimum absolute atomic E-state index is 0.0330. The number of allylic oxidation sites excluding steroid dienone is 4. The topological polar surface area (TPSA) is 0 Å². The van der Waals surface area contributed by atoms with Gasteiger partial charge in [0.05, 0.1) is 0 Å². The summed E-state index contributed by atoms with van der Waals surface area (Å²) in [6, 6.07) is 0. The average molecular weight is 154 g/mol. The average Bonchev–Trinajstić information content (AvgIpc) is 1.96. The van der Waals surface area contributed by atoms with Gasteiger partial charge in [-0.2, -0.15) is 0 Å². The van der Waals surface area contributed by atoms with Crippen LogP contribution in [0.5, 0.6) is 0 Å². The van der Waals surface area contributed by atoms with Crippen molar-refractivity contribution in [2.45, 2.75) is 33.6 Å². The molecule has 0 fully saturated rings. The fourth-order valence-corrected chi connectivity index (χ4v) is 1.62. The Hall–Kier alpha value is -0.590. The molecule has 0 N–H and O–H groups in total. The van der Waals surface area contributed by atoms with Gasteiger partial charge >= 0.3 is 0 Å². The van der Waals surface area contributed by atoms with Crippen molar-refractivity contribution in [3.05, 3.63) is 23.0 Å². The molecule has 0 spiro atoms. The highest BCUT2D eigenvalue weighted by atomic mass is 19.1. The monoisotopic (exact) mass is 154 g/mol. The van der Waals surface area contributed by atoms with Gasteiger partial charge in [0.15, 0.2) is 0 Å². The first-order valence-corrected chi connectivity index (χ1v) is 4.21. The summed E-state index contributed by atoms with van der Waals surface area (Å²) in [6.07, 6.45) is 3.76. The van der Waals surface area contributed by atoms with Crippen LogP contribution in [0.25, 0.3) is 0 Å². The maximum Gasteiger partial charge on any atom is 0.125 e. The molecule has 0 radical (unpaired) electrons. The number of hydrogen-bond donors (Lipinski definition) is 0. The van der Waals surface area contributed by atoms with Crippen LogP contribution in [0.15, 0.2) is 23.0 Å². The Kier molecular flexibility index (Phi) is 2.48. The van der Waals surface area contributed by atoms with Crippen molar-refractivity contribution in [2.75, 3.05) is 0 Å². The third kappa shape index (κ3) is 1.70. The normalized spacial score (nSPS) is 25.5. The summed E-state index contributed by atoms with van der Waals surface area (Å²) in [5.41, 5.74) is 1.80. The van der Waals surface area contributed by atoms with Crippen LogP contribution in [-0.2, 0) is 0 Å². The van der Waals surface area contributed by atoms with Crippen LogP contribution in [0.3, 0.4) is 0 Å². The van der Waals surface area contributed by atoms with Crippen molar-refractivity contribution in [1.82, 2.24) is 0 Å². The minimum Gasteiger partial charge on any atom is -0.207 e. The zero-order chi connectivity index (χ0) is 8.43. The number of rotatable bonds is 1. The molecule has 0 saturated heterocycles. The third-order valence-electron chi connectivity index (χ3n) is 2.19. The van der Waals surface area contributed by atoms with E-state index in [1.165, 1.54) is 0 Å². The van der Waals surface area contributed by atoms with Crippen LogP contribution in [0.4, 0.5) is 4.39 Å². The van der Waals surface area contributed by atoms with Gasteiger partial charge in [0.2, 0.25) is 0 Å². The van der Waals surface area contributed by atoms with Gasteiger partial charge in [0, 0.05) is 0 Å². The molecule has 1 aliphatic carbocycles. The molecule has 0 aliphatic heterocycles. The molecule has 0 heterocycles. The summed E-state index contributed by atoms with van der Waals surface area (Å²) in [4.78, 5) is 0. The highest BCUT2D eigenvalue weighted by Crippen LogP contribution is 2.30. The van der Waals surface area contributed by atoms with Crippen molar-refractivity contribution in [3.8, 4) is 0 Å². The summed E-state index contributed by atoms with van der Waals surface area (Å²) in [6.45, 7) is 5.99. The maximum absolute atomic E-state index is 13.2. The summed E-state index contributed by atoms with van der Waals surface area (Å²) in [5.74, 6) is 0.551. The quantitative estimate of drug-likeness (QED) is 0.541. The molecule has 0 nitrogen and oxygen atoms in total. The van der Waals surface area contributed by atoms with E-state index in [-0.39, 0.29) is 5.83 Å². The fraction of sp³-hybridized carbons (Fsp3) is 0.600. The lowest BCUT2D eigenvalue weighted by Crippen LogP contribution is -2.02. The molecule has 1 unspecified atom stereocenters.